The second kappa shape index (κ2) is 5.55. The molecule has 1 aromatic rings. The van der Waals surface area contributed by atoms with Gasteiger partial charge in [-0.05, 0) is 24.6 Å². The predicted molar refractivity (Wildman–Crippen MR) is 86.8 cm³/mol. The van der Waals surface area contributed by atoms with Crippen LogP contribution in [0.2, 0.25) is 0 Å². The topological polar surface area (TPSA) is 77.4 Å². The van der Waals surface area contributed by atoms with Gasteiger partial charge in [0, 0.05) is 0 Å². The van der Waals surface area contributed by atoms with E-state index in [0.29, 0.717) is 33.7 Å². The van der Waals surface area contributed by atoms with E-state index >= 15 is 0 Å². The Kier molecular flexibility index (Phi) is 3.49. The molecule has 8 heteroatoms. The van der Waals surface area contributed by atoms with Gasteiger partial charge in [0.1, 0.15) is 0 Å². The van der Waals surface area contributed by atoms with Gasteiger partial charge >= 0.3 is 5.97 Å². The van der Waals surface area contributed by atoms with Gasteiger partial charge in [0.05, 0.1) is 30.2 Å². The van der Waals surface area contributed by atoms with E-state index < -0.39 is 12.0 Å². The summed E-state index contributed by atoms with van der Waals surface area (Å²) in [5.74, 6) is 0.961. The van der Waals surface area contributed by atoms with E-state index in [4.69, 9.17) is 14.2 Å². The molecular formula is C16H14N2O5S. The monoisotopic (exact) mass is 346 g/mol. The first-order valence-corrected chi connectivity index (χ1v) is 8.31. The minimum atomic E-state index is -0.582. The van der Waals surface area contributed by atoms with Crippen LogP contribution in [0.4, 0.5) is 0 Å². The largest absolute Gasteiger partial charge is 0.466 e. The van der Waals surface area contributed by atoms with Crippen LogP contribution in [0.15, 0.2) is 34.5 Å². The molecular weight excluding hydrogens is 332 g/mol. The molecule has 24 heavy (non-hydrogen) atoms. The Balaban J connectivity index is 1.87. The van der Waals surface area contributed by atoms with Crippen molar-refractivity contribution in [3.8, 4) is 11.5 Å². The molecule has 1 saturated heterocycles. The molecule has 4 rings (SSSR count). The molecule has 1 unspecified atom stereocenters. The summed E-state index contributed by atoms with van der Waals surface area (Å²) in [7, 11) is 1.32. The van der Waals surface area contributed by atoms with Gasteiger partial charge in [-0.1, -0.05) is 17.8 Å². The van der Waals surface area contributed by atoms with Gasteiger partial charge < -0.3 is 14.2 Å². The molecule has 1 aromatic carbocycles. The van der Waals surface area contributed by atoms with E-state index in [9.17, 15) is 9.59 Å². The number of hydrogen-bond acceptors (Lipinski definition) is 7. The number of ether oxygens (including phenoxy) is 3. The maximum Gasteiger partial charge on any atom is 0.338 e. The van der Waals surface area contributed by atoms with Gasteiger partial charge in [-0.2, -0.15) is 0 Å². The zero-order chi connectivity index (χ0) is 16.8. The number of rotatable bonds is 2. The minimum Gasteiger partial charge on any atom is -0.466 e. The van der Waals surface area contributed by atoms with Crippen molar-refractivity contribution in [3.05, 3.63) is 35.0 Å². The number of hydrogen-bond donors (Lipinski definition) is 0. The van der Waals surface area contributed by atoms with E-state index in [1.165, 1.54) is 18.9 Å². The molecule has 0 saturated carbocycles. The molecule has 124 valence electrons. The summed E-state index contributed by atoms with van der Waals surface area (Å²) in [6.45, 7) is 1.91. The second-order valence-corrected chi connectivity index (χ2v) is 6.40. The van der Waals surface area contributed by atoms with Gasteiger partial charge in [0.2, 0.25) is 12.7 Å². The third kappa shape index (κ3) is 2.17. The highest BCUT2D eigenvalue weighted by Gasteiger charge is 2.43. The number of amidine groups is 1. The highest BCUT2D eigenvalue weighted by molar-refractivity contribution is 8.15. The van der Waals surface area contributed by atoms with E-state index in [0.717, 1.165) is 5.56 Å². The minimum absolute atomic E-state index is 0.0877. The van der Waals surface area contributed by atoms with Crippen molar-refractivity contribution in [1.82, 2.24) is 4.90 Å². The molecule has 0 bridgehead atoms. The molecule has 3 aliphatic heterocycles. The fourth-order valence-corrected chi connectivity index (χ4v) is 3.95. The van der Waals surface area contributed by atoms with Crippen LogP contribution in [0.25, 0.3) is 0 Å². The Morgan fingerprint density at radius 1 is 1.38 bits per heavy atom. The van der Waals surface area contributed by atoms with Gasteiger partial charge in [0.25, 0.3) is 0 Å². The Morgan fingerprint density at radius 2 is 2.17 bits per heavy atom. The van der Waals surface area contributed by atoms with Gasteiger partial charge in [-0.25, -0.2) is 9.79 Å². The zero-order valence-electron chi connectivity index (χ0n) is 13.1. The number of benzene rings is 1. The number of fused-ring (bicyclic) bond motifs is 2. The molecule has 0 spiro atoms. The van der Waals surface area contributed by atoms with Gasteiger partial charge in [-0.3, -0.25) is 9.69 Å². The Labute approximate surface area is 142 Å². The number of thioether (sulfide) groups is 1. The van der Waals surface area contributed by atoms with Gasteiger partial charge in [-0.15, -0.1) is 0 Å². The quantitative estimate of drug-likeness (QED) is 0.761. The lowest BCUT2D eigenvalue weighted by atomic mass is 9.94. The summed E-state index contributed by atoms with van der Waals surface area (Å²) in [6.07, 6.45) is 0. The SMILES string of the molecule is COC(=O)C1=C(C)N=C2SCC(=O)N2C1c1ccc2c(c1)OCO2. The summed E-state index contributed by atoms with van der Waals surface area (Å²) in [4.78, 5) is 30.7. The third-order valence-corrected chi connectivity index (χ3v) is 5.04. The molecule has 1 fully saturated rings. The first-order chi connectivity index (χ1) is 11.6. The van der Waals surface area contributed by atoms with Crippen molar-refractivity contribution in [2.45, 2.75) is 13.0 Å². The Bertz CT molecular complexity index is 817. The van der Waals surface area contributed by atoms with Crippen LogP contribution in [-0.4, -0.2) is 41.6 Å². The second-order valence-electron chi connectivity index (χ2n) is 5.45. The lowest BCUT2D eigenvalue weighted by molar-refractivity contribution is -0.137. The molecule has 7 nitrogen and oxygen atoms in total. The highest BCUT2D eigenvalue weighted by atomic mass is 32.2. The van der Waals surface area contributed by atoms with E-state index in [2.05, 4.69) is 4.99 Å². The Hall–Kier alpha value is -2.48. The maximum atomic E-state index is 12.4. The van der Waals surface area contributed by atoms with Crippen molar-refractivity contribution < 1.29 is 23.8 Å². The number of methoxy groups -OCH3 is 1. The zero-order valence-corrected chi connectivity index (χ0v) is 13.9. The average molecular weight is 346 g/mol. The van der Waals surface area contributed by atoms with Crippen molar-refractivity contribution in [3.63, 3.8) is 0 Å². The highest BCUT2D eigenvalue weighted by Crippen LogP contribution is 2.43. The summed E-state index contributed by atoms with van der Waals surface area (Å²) < 4.78 is 15.7. The molecule has 0 aromatic heterocycles. The van der Waals surface area contributed by atoms with Crippen molar-refractivity contribution in [1.29, 1.82) is 0 Å². The lowest BCUT2D eigenvalue weighted by Gasteiger charge is -2.32. The molecule has 3 aliphatic rings. The first kappa shape index (κ1) is 15.1. The number of carbonyl (C=O) groups is 2. The fraction of sp³-hybridized carbons (Fsp3) is 0.312. The summed E-state index contributed by atoms with van der Waals surface area (Å²) >= 11 is 1.37. The first-order valence-electron chi connectivity index (χ1n) is 7.32. The van der Waals surface area contributed by atoms with E-state index in [-0.39, 0.29) is 12.7 Å². The number of aliphatic imine (C=N–C) groups is 1. The van der Waals surface area contributed by atoms with E-state index in [1.54, 1.807) is 24.0 Å². The van der Waals surface area contributed by atoms with E-state index in [1.807, 2.05) is 6.07 Å². The fourth-order valence-electron chi connectivity index (χ4n) is 3.01. The number of nitrogens with zero attached hydrogens (tertiary/aromatic N) is 2. The number of esters is 1. The molecule has 1 amide bonds. The smallest absolute Gasteiger partial charge is 0.338 e. The van der Waals surface area contributed by atoms with Gasteiger partial charge in [0.15, 0.2) is 16.7 Å². The van der Waals surface area contributed by atoms with Crippen LogP contribution in [0.1, 0.15) is 18.5 Å². The standard InChI is InChI=1S/C16H14N2O5S/c1-8-13(15(20)21-2)14(18-12(19)6-24-16(18)17-8)9-3-4-10-11(5-9)23-7-22-10/h3-5,14H,6-7H2,1-2H3. The van der Waals surface area contributed by atoms with Crippen molar-refractivity contribution in [2.24, 2.45) is 4.99 Å². The van der Waals surface area contributed by atoms with Crippen LogP contribution in [-0.2, 0) is 14.3 Å². The lowest BCUT2D eigenvalue weighted by Crippen LogP contribution is -2.39. The van der Waals surface area contributed by atoms with Crippen molar-refractivity contribution >= 4 is 28.8 Å². The van der Waals surface area contributed by atoms with Crippen LogP contribution in [0.5, 0.6) is 11.5 Å². The van der Waals surface area contributed by atoms with Crippen LogP contribution in [0.3, 0.4) is 0 Å². The average Bonchev–Trinajstić information content (AvgIpc) is 3.19. The molecule has 0 radical (unpaired) electrons. The molecule has 3 heterocycles. The number of carbonyl (C=O) groups excluding carboxylic acids is 2. The summed E-state index contributed by atoms with van der Waals surface area (Å²) in [6, 6.07) is 4.82. The molecule has 0 aliphatic carbocycles. The maximum absolute atomic E-state index is 12.4. The van der Waals surface area contributed by atoms with Crippen LogP contribution < -0.4 is 9.47 Å². The normalized spacial score (nSPS) is 21.8. The van der Waals surface area contributed by atoms with Crippen molar-refractivity contribution in [2.75, 3.05) is 19.7 Å². The molecule has 0 N–H and O–H groups in total. The Morgan fingerprint density at radius 3 is 2.96 bits per heavy atom. The number of allylic oxidation sites excluding steroid dienone is 1. The van der Waals surface area contributed by atoms with Crippen LogP contribution >= 0.6 is 11.8 Å². The summed E-state index contributed by atoms with van der Waals surface area (Å²) in [5.41, 5.74) is 1.66. The summed E-state index contributed by atoms with van der Waals surface area (Å²) in [5, 5.41) is 0.604. The molecule has 1 atom stereocenters. The number of amides is 1. The third-order valence-electron chi connectivity index (χ3n) is 4.10. The van der Waals surface area contributed by atoms with Crippen LogP contribution in [0, 0.1) is 0 Å². The predicted octanol–water partition coefficient (Wildman–Crippen LogP) is 1.85.